The van der Waals surface area contributed by atoms with Crippen molar-refractivity contribution in [3.63, 3.8) is 0 Å². The second kappa shape index (κ2) is 26.6. The molecule has 0 aliphatic heterocycles. The summed E-state index contributed by atoms with van der Waals surface area (Å²) in [5, 5.41) is -2.00. The fourth-order valence-electron chi connectivity index (χ4n) is 4.52. The van der Waals surface area contributed by atoms with E-state index in [0.29, 0.717) is 19.3 Å². The molecule has 0 radical (unpaired) electrons. The Kier molecular flexibility index (Phi) is 26.8. The number of carbonyl (C=O) groups is 3. The van der Waals surface area contributed by atoms with Crippen molar-refractivity contribution in [1.29, 1.82) is 0 Å². The Morgan fingerprint density at radius 1 is 0.463 bits per heavy atom. The van der Waals surface area contributed by atoms with Gasteiger partial charge in [-0.05, 0) is 0 Å². The summed E-state index contributed by atoms with van der Waals surface area (Å²) < 4.78 is 17.2. The van der Waals surface area contributed by atoms with Crippen molar-refractivity contribution in [3.8, 4) is 0 Å². The van der Waals surface area contributed by atoms with Gasteiger partial charge in [-0.3, -0.25) is 0 Å². The average Bonchev–Trinajstić information content (AvgIpc) is 2.93. The quantitative estimate of drug-likeness (QED) is 0.0443. The van der Waals surface area contributed by atoms with E-state index in [0.717, 1.165) is 57.8 Å². The Balaban J connectivity index is 5.09. The van der Waals surface area contributed by atoms with Crippen LogP contribution in [-0.4, -0.2) is 53.3 Å². The molecule has 10 heteroatoms. The van der Waals surface area contributed by atoms with E-state index in [1.807, 2.05) is 0 Å². The summed E-state index contributed by atoms with van der Waals surface area (Å²) in [6, 6.07) is 0. The average molecular weight is 744 g/mol. The van der Waals surface area contributed by atoms with E-state index in [-0.39, 0.29) is 0 Å². The minimum atomic E-state index is -4.94. The summed E-state index contributed by atoms with van der Waals surface area (Å²) in [6.45, 7) is 6.53. The Hall–Kier alpha value is 0.259. The second-order valence-electron chi connectivity index (χ2n) is 11.3. The van der Waals surface area contributed by atoms with Crippen LogP contribution in [0.5, 0.6) is 0 Å². The molecule has 0 aromatic carbocycles. The van der Waals surface area contributed by atoms with Crippen LogP contribution in [0.25, 0.3) is 0 Å². The number of rotatable bonds is 27. The number of hydrogen-bond donors (Lipinski definition) is 3. The second-order valence-corrected chi connectivity index (χ2v) is 19.9. The van der Waals surface area contributed by atoms with Gasteiger partial charge in [0.2, 0.25) is 0 Å². The first-order chi connectivity index (χ1) is 19.6. The van der Waals surface area contributed by atoms with Gasteiger partial charge in [0.05, 0.1) is 0 Å². The molecule has 0 aromatic rings. The third-order valence-corrected chi connectivity index (χ3v) is 13.5. The molecule has 0 aliphatic rings. The topological polar surface area (TPSA) is 78.9 Å². The van der Waals surface area contributed by atoms with E-state index < -0.39 is 53.3 Å². The standard InChI is InChI=1S/3C10H20O2S.CH3.Sn/c3*1-2-3-4-5-6-7-8-9(13)10(11)12;;/h3*9,13H,2-8H2,1H3,(H,11,12);1H3;/q;;;;+3/p-3. The van der Waals surface area contributed by atoms with Gasteiger partial charge in [-0.2, -0.15) is 0 Å². The van der Waals surface area contributed by atoms with Gasteiger partial charge in [0, 0.05) is 0 Å². The monoisotopic (exact) mass is 744 g/mol. The van der Waals surface area contributed by atoms with Gasteiger partial charge in [-0.1, -0.05) is 0 Å². The Morgan fingerprint density at radius 2 is 0.683 bits per heavy atom. The van der Waals surface area contributed by atoms with Crippen LogP contribution in [0.1, 0.15) is 156 Å². The Bertz CT molecular complexity index is 608. The summed E-state index contributed by atoms with van der Waals surface area (Å²) >= 11 is 8.42. The first-order valence-electron chi connectivity index (χ1n) is 16.3. The van der Waals surface area contributed by atoms with Gasteiger partial charge in [-0.15, -0.1) is 0 Å². The summed E-state index contributed by atoms with van der Waals surface area (Å²) in [6.07, 6.45) is 21.4. The van der Waals surface area contributed by atoms with Crippen molar-refractivity contribution in [2.75, 3.05) is 0 Å². The Morgan fingerprint density at radius 3 is 0.927 bits per heavy atom. The molecule has 3 atom stereocenters. The van der Waals surface area contributed by atoms with Gasteiger partial charge < -0.3 is 0 Å². The number of thiol groups is 3. The summed E-state index contributed by atoms with van der Waals surface area (Å²) in [5.41, 5.74) is 0. The predicted octanol–water partition coefficient (Wildman–Crippen LogP) is 9.33. The number of unbranched alkanes of at least 4 members (excludes halogenated alkanes) is 15. The first kappa shape index (κ1) is 41.3. The van der Waals surface area contributed by atoms with Crippen LogP contribution in [0.3, 0.4) is 0 Å². The van der Waals surface area contributed by atoms with Gasteiger partial charge >= 0.3 is 275 Å². The molecule has 0 bridgehead atoms. The number of carbonyl (C=O) groups excluding carboxylic acids is 3. The molecule has 0 spiro atoms. The van der Waals surface area contributed by atoms with Crippen molar-refractivity contribution < 1.29 is 23.6 Å². The third-order valence-electron chi connectivity index (χ3n) is 7.17. The zero-order valence-electron chi connectivity index (χ0n) is 26.4. The van der Waals surface area contributed by atoms with Crippen molar-refractivity contribution >= 4 is 75.4 Å². The van der Waals surface area contributed by atoms with E-state index in [1.54, 1.807) is 0 Å². The maximum atomic E-state index is 13.0. The molecule has 0 aromatic heterocycles. The zero-order chi connectivity index (χ0) is 30.9. The SMILES string of the molecule is CCCCCCCCC(S)C(=O)[O][Sn]([CH3])([O]C(=O)C(S)CCCCCCCC)[O]C(=O)C(S)CCCCCCCC. The van der Waals surface area contributed by atoms with Gasteiger partial charge in [0.25, 0.3) is 0 Å². The molecule has 0 N–H and O–H groups in total. The van der Waals surface area contributed by atoms with E-state index in [2.05, 4.69) is 58.7 Å². The molecule has 0 saturated heterocycles. The zero-order valence-corrected chi connectivity index (χ0v) is 31.9. The van der Waals surface area contributed by atoms with Crippen LogP contribution in [-0.2, 0) is 23.6 Å². The molecule has 0 saturated carbocycles. The minimum absolute atomic E-state index is 0.554. The third kappa shape index (κ3) is 22.4. The fourth-order valence-corrected chi connectivity index (χ4v) is 10.8. The van der Waals surface area contributed by atoms with Crippen LogP contribution < -0.4 is 0 Å². The van der Waals surface area contributed by atoms with E-state index >= 15 is 0 Å². The van der Waals surface area contributed by atoms with Crippen LogP contribution in [0.15, 0.2) is 0 Å². The normalized spacial score (nSPS) is 15.0. The Labute approximate surface area is 273 Å². The van der Waals surface area contributed by atoms with E-state index in [1.165, 1.54) is 62.7 Å². The molecule has 0 aliphatic carbocycles. The molecular weight excluding hydrogens is 683 g/mol. The molecule has 41 heavy (non-hydrogen) atoms. The summed E-state index contributed by atoms with van der Waals surface area (Å²) in [7, 11) is 0. The van der Waals surface area contributed by atoms with Crippen molar-refractivity contribution in [2.24, 2.45) is 0 Å². The van der Waals surface area contributed by atoms with Crippen LogP contribution >= 0.6 is 37.9 Å². The first-order valence-corrected chi connectivity index (χ1v) is 24.2. The molecule has 3 unspecified atom stereocenters. The maximum absolute atomic E-state index is 13.0. The summed E-state index contributed by atoms with van der Waals surface area (Å²) in [5.74, 6) is -1.79. The van der Waals surface area contributed by atoms with Gasteiger partial charge in [-0.25, -0.2) is 0 Å². The van der Waals surface area contributed by atoms with Crippen LogP contribution in [0, 0.1) is 0 Å². The van der Waals surface area contributed by atoms with E-state index in [4.69, 9.17) is 9.22 Å². The molecule has 6 nitrogen and oxygen atoms in total. The van der Waals surface area contributed by atoms with Crippen molar-refractivity contribution in [1.82, 2.24) is 0 Å². The molecule has 0 rings (SSSR count). The van der Waals surface area contributed by atoms with Crippen molar-refractivity contribution in [3.05, 3.63) is 0 Å². The van der Waals surface area contributed by atoms with Crippen LogP contribution in [0.2, 0.25) is 4.94 Å². The van der Waals surface area contributed by atoms with Crippen LogP contribution in [0.4, 0.5) is 0 Å². The molecule has 0 heterocycles. The van der Waals surface area contributed by atoms with Gasteiger partial charge in [0.15, 0.2) is 0 Å². The van der Waals surface area contributed by atoms with E-state index in [9.17, 15) is 14.4 Å². The summed E-state index contributed by atoms with van der Waals surface area (Å²) in [4.78, 5) is 40.4. The predicted molar refractivity (Wildman–Crippen MR) is 182 cm³/mol. The van der Waals surface area contributed by atoms with Gasteiger partial charge in [0.1, 0.15) is 0 Å². The molecule has 0 amide bonds. The molecule has 0 fully saturated rings. The van der Waals surface area contributed by atoms with Crippen molar-refractivity contribution in [2.45, 2.75) is 176 Å². The fraction of sp³-hybridized carbons (Fsp3) is 0.903. The molecule has 242 valence electrons. The molecular formula is C31H60O6S3Sn. The number of hydrogen-bond acceptors (Lipinski definition) is 9.